The number of hydrogen-bond donors (Lipinski definition) is 2. The van der Waals surface area contributed by atoms with E-state index in [1.165, 1.54) is 0 Å². The van der Waals surface area contributed by atoms with Gasteiger partial charge in [0.1, 0.15) is 5.69 Å². The van der Waals surface area contributed by atoms with E-state index in [-0.39, 0.29) is 18.2 Å². The van der Waals surface area contributed by atoms with E-state index in [9.17, 15) is 9.59 Å². The van der Waals surface area contributed by atoms with Crippen LogP contribution in [0.2, 0.25) is 0 Å². The zero-order chi connectivity index (χ0) is 10.7. The Morgan fingerprint density at radius 2 is 2.21 bits per heavy atom. The molecule has 0 saturated heterocycles. The van der Waals surface area contributed by atoms with Crippen molar-refractivity contribution in [1.82, 2.24) is 14.9 Å². The molecule has 0 atom stereocenters. The highest BCUT2D eigenvalue weighted by Gasteiger charge is 2.10. The second-order valence-corrected chi connectivity index (χ2v) is 2.39. The number of carbonyl (C=O) groups excluding carboxylic acids is 1. The van der Waals surface area contributed by atoms with Gasteiger partial charge >= 0.3 is 11.5 Å². The van der Waals surface area contributed by atoms with Crippen molar-refractivity contribution in [3.63, 3.8) is 0 Å². The fourth-order valence-electron chi connectivity index (χ4n) is 0.761. The topological polar surface area (TPSA) is 126 Å². The van der Waals surface area contributed by atoms with E-state index in [1.807, 2.05) is 0 Å². The van der Waals surface area contributed by atoms with Gasteiger partial charge in [0.2, 0.25) is 0 Å². The molecule has 1 aromatic heterocycles. The molecule has 14 heavy (non-hydrogen) atoms. The van der Waals surface area contributed by atoms with Crippen LogP contribution < -0.4 is 21.9 Å². The van der Waals surface area contributed by atoms with Gasteiger partial charge in [-0.3, -0.25) is 4.79 Å². The van der Waals surface area contributed by atoms with Crippen molar-refractivity contribution < 1.29 is 9.63 Å². The highest BCUT2D eigenvalue weighted by molar-refractivity contribution is 5.66. The summed E-state index contributed by atoms with van der Waals surface area (Å²) in [7, 11) is 0. The van der Waals surface area contributed by atoms with Crippen LogP contribution in [0.25, 0.3) is 0 Å². The summed E-state index contributed by atoms with van der Waals surface area (Å²) < 4.78 is 0.553. The molecular formula is C6H9N5O3. The lowest BCUT2D eigenvalue weighted by molar-refractivity contribution is -0.141. The molecule has 8 nitrogen and oxygen atoms in total. The molecular weight excluding hydrogens is 190 g/mol. The summed E-state index contributed by atoms with van der Waals surface area (Å²) in [5, 5.41) is 6.84. The molecule has 0 saturated carbocycles. The van der Waals surface area contributed by atoms with Crippen molar-refractivity contribution in [3.05, 3.63) is 16.0 Å². The molecule has 0 radical (unpaired) electrons. The zero-order valence-corrected chi connectivity index (χ0v) is 7.43. The fraction of sp³-hybridized carbons (Fsp3) is 0.333. The van der Waals surface area contributed by atoms with Gasteiger partial charge in [-0.25, -0.2) is 4.79 Å². The second kappa shape index (κ2) is 3.83. The minimum atomic E-state index is -0.685. The molecule has 0 aliphatic heterocycles. The number of anilines is 1. The highest BCUT2D eigenvalue weighted by atomic mass is 16.7. The first kappa shape index (κ1) is 10.1. The molecule has 8 heteroatoms. The molecule has 1 heterocycles. The van der Waals surface area contributed by atoms with E-state index in [4.69, 9.17) is 11.5 Å². The quantitative estimate of drug-likeness (QED) is 0.546. The summed E-state index contributed by atoms with van der Waals surface area (Å²) in [5.74, 6) is -0.989. The molecule has 1 rings (SSSR count). The molecule has 0 aliphatic carbocycles. The van der Waals surface area contributed by atoms with Crippen LogP contribution in [-0.4, -0.2) is 20.9 Å². The fourth-order valence-corrected chi connectivity index (χ4v) is 0.761. The SMILES string of the molecule is CC(=O)On1c(N)nnc(CN)c1=O. The molecule has 1 aromatic rings. The number of nitrogens with zero attached hydrogens (tertiary/aromatic N) is 3. The van der Waals surface area contributed by atoms with Gasteiger partial charge in [-0.1, -0.05) is 4.73 Å². The van der Waals surface area contributed by atoms with Gasteiger partial charge in [0.15, 0.2) is 0 Å². The van der Waals surface area contributed by atoms with Crippen LogP contribution in [0.4, 0.5) is 5.95 Å². The predicted molar refractivity (Wildman–Crippen MR) is 45.9 cm³/mol. The van der Waals surface area contributed by atoms with Crippen LogP contribution in [-0.2, 0) is 11.3 Å². The maximum atomic E-state index is 11.4. The molecule has 0 spiro atoms. The predicted octanol–water partition coefficient (Wildman–Crippen LogP) is -2.35. The largest absolute Gasteiger partial charge is 0.365 e. The molecule has 0 aromatic carbocycles. The van der Waals surface area contributed by atoms with Gasteiger partial charge in [-0.05, 0) is 0 Å². The number of aromatic nitrogens is 3. The Morgan fingerprint density at radius 1 is 1.57 bits per heavy atom. The lowest BCUT2D eigenvalue weighted by Gasteiger charge is -2.06. The van der Waals surface area contributed by atoms with Gasteiger partial charge in [-0.2, -0.15) is 0 Å². The molecule has 0 aliphatic rings. The van der Waals surface area contributed by atoms with Crippen LogP contribution in [0.3, 0.4) is 0 Å². The normalized spacial score (nSPS) is 9.86. The number of nitrogens with two attached hydrogens (primary N) is 2. The Morgan fingerprint density at radius 3 is 2.71 bits per heavy atom. The van der Waals surface area contributed by atoms with Crippen LogP contribution in [0.15, 0.2) is 4.79 Å². The van der Waals surface area contributed by atoms with Crippen molar-refractivity contribution >= 4 is 11.9 Å². The molecule has 0 bridgehead atoms. The minimum absolute atomic E-state index is 0.0274. The lowest BCUT2D eigenvalue weighted by atomic mass is 10.5. The van der Waals surface area contributed by atoms with E-state index in [1.54, 1.807) is 0 Å². The first-order valence-electron chi connectivity index (χ1n) is 3.69. The van der Waals surface area contributed by atoms with Gasteiger partial charge in [0.05, 0.1) is 0 Å². The van der Waals surface area contributed by atoms with Crippen LogP contribution in [0.5, 0.6) is 0 Å². The van der Waals surface area contributed by atoms with E-state index in [2.05, 4.69) is 15.0 Å². The number of nitrogen functional groups attached to an aromatic ring is 1. The van der Waals surface area contributed by atoms with Gasteiger partial charge in [0.25, 0.3) is 5.95 Å². The molecule has 0 fully saturated rings. The second-order valence-electron chi connectivity index (χ2n) is 2.39. The summed E-state index contributed by atoms with van der Waals surface area (Å²) in [6.07, 6.45) is 0. The zero-order valence-electron chi connectivity index (χ0n) is 7.43. The Labute approximate surface area is 78.4 Å². The Kier molecular flexibility index (Phi) is 2.77. The number of carbonyl (C=O) groups is 1. The van der Waals surface area contributed by atoms with E-state index in [0.29, 0.717) is 4.73 Å². The van der Waals surface area contributed by atoms with Gasteiger partial charge in [-0.15, -0.1) is 10.2 Å². The average molecular weight is 199 g/mol. The third kappa shape index (κ3) is 1.85. The van der Waals surface area contributed by atoms with Gasteiger partial charge < -0.3 is 16.3 Å². The maximum Gasteiger partial charge on any atom is 0.330 e. The third-order valence-corrected chi connectivity index (χ3v) is 1.33. The van der Waals surface area contributed by atoms with E-state index < -0.39 is 11.5 Å². The summed E-state index contributed by atoms with van der Waals surface area (Å²) in [6.45, 7) is 1.03. The van der Waals surface area contributed by atoms with Crippen molar-refractivity contribution in [1.29, 1.82) is 0 Å². The Hall–Kier alpha value is -1.96. The smallest absolute Gasteiger partial charge is 0.330 e. The highest BCUT2D eigenvalue weighted by Crippen LogP contribution is 1.89. The first-order chi connectivity index (χ1) is 6.56. The molecule has 76 valence electrons. The van der Waals surface area contributed by atoms with Crippen molar-refractivity contribution in [2.24, 2.45) is 5.73 Å². The third-order valence-electron chi connectivity index (χ3n) is 1.33. The maximum absolute atomic E-state index is 11.4. The lowest BCUT2D eigenvalue weighted by Crippen LogP contribution is -2.36. The van der Waals surface area contributed by atoms with Crippen LogP contribution in [0.1, 0.15) is 12.6 Å². The first-order valence-corrected chi connectivity index (χ1v) is 3.69. The molecule has 0 unspecified atom stereocenters. The van der Waals surface area contributed by atoms with Crippen molar-refractivity contribution in [3.8, 4) is 0 Å². The van der Waals surface area contributed by atoms with Crippen LogP contribution in [0, 0.1) is 0 Å². The Bertz CT molecular complexity index is 412. The summed E-state index contributed by atoms with van der Waals surface area (Å²) >= 11 is 0. The summed E-state index contributed by atoms with van der Waals surface area (Å²) in [6, 6.07) is 0. The van der Waals surface area contributed by atoms with Crippen molar-refractivity contribution in [2.75, 3.05) is 5.73 Å². The van der Waals surface area contributed by atoms with E-state index in [0.717, 1.165) is 6.92 Å². The summed E-state index contributed by atoms with van der Waals surface area (Å²) in [4.78, 5) is 26.5. The number of rotatable bonds is 2. The molecule has 0 amide bonds. The van der Waals surface area contributed by atoms with Crippen molar-refractivity contribution in [2.45, 2.75) is 13.5 Å². The summed E-state index contributed by atoms with van der Waals surface area (Å²) in [5.41, 5.74) is 9.76. The standard InChI is InChI=1S/C6H9N5O3/c1-3(12)14-11-5(13)4(2-7)9-10-6(11)8/h2,7H2,1H3,(H2,8,10). The van der Waals surface area contributed by atoms with E-state index >= 15 is 0 Å². The van der Waals surface area contributed by atoms with Gasteiger partial charge in [0, 0.05) is 13.5 Å². The monoisotopic (exact) mass is 199 g/mol. The minimum Gasteiger partial charge on any atom is -0.365 e. The van der Waals surface area contributed by atoms with Crippen LogP contribution >= 0.6 is 0 Å². The Balaban J connectivity index is 3.25. The molecule has 4 N–H and O–H groups in total. The average Bonchev–Trinajstić information content (AvgIpc) is 2.12. The number of hydrogen-bond acceptors (Lipinski definition) is 7.